The molecule has 0 aliphatic carbocycles. The van der Waals surface area contributed by atoms with Crippen molar-refractivity contribution in [2.75, 3.05) is 13.1 Å². The molecule has 5 heteroatoms. The lowest BCUT2D eigenvalue weighted by Crippen LogP contribution is -2.55. The molecule has 2 aromatic rings. The third-order valence-corrected chi connectivity index (χ3v) is 4.63. The van der Waals surface area contributed by atoms with E-state index in [0.29, 0.717) is 25.8 Å². The molecule has 1 aliphatic rings. The molecule has 2 atom stereocenters. The SMILES string of the molecule is C[C@@]1(O)CCN(C(=O)CCc2c[nH]c3ccccc23)C[C@H]1O. The summed E-state index contributed by atoms with van der Waals surface area (Å²) < 4.78 is 0. The first-order valence-corrected chi connectivity index (χ1v) is 7.70. The number of nitrogens with zero attached hydrogens (tertiary/aromatic N) is 1. The van der Waals surface area contributed by atoms with Gasteiger partial charge in [0.1, 0.15) is 0 Å². The van der Waals surface area contributed by atoms with Crippen LogP contribution in [-0.4, -0.2) is 50.8 Å². The summed E-state index contributed by atoms with van der Waals surface area (Å²) in [6.45, 7) is 2.32. The lowest BCUT2D eigenvalue weighted by atomic mass is 9.90. The maximum atomic E-state index is 12.3. The Balaban J connectivity index is 1.61. The summed E-state index contributed by atoms with van der Waals surface area (Å²) in [7, 11) is 0. The van der Waals surface area contributed by atoms with Crippen molar-refractivity contribution < 1.29 is 15.0 Å². The number of hydrogen-bond acceptors (Lipinski definition) is 3. The molecule has 0 bridgehead atoms. The van der Waals surface area contributed by atoms with E-state index >= 15 is 0 Å². The highest BCUT2D eigenvalue weighted by Gasteiger charge is 2.37. The van der Waals surface area contributed by atoms with Crippen molar-refractivity contribution >= 4 is 16.8 Å². The van der Waals surface area contributed by atoms with Gasteiger partial charge in [0, 0.05) is 36.6 Å². The molecule has 0 radical (unpaired) electrons. The predicted molar refractivity (Wildman–Crippen MR) is 84.4 cm³/mol. The number of β-amino-alcohol motifs (C(OH)–C–C–N with tert-alkyl or cyclic N) is 1. The number of nitrogens with one attached hydrogen (secondary N) is 1. The number of para-hydroxylation sites is 1. The largest absolute Gasteiger partial charge is 0.388 e. The summed E-state index contributed by atoms with van der Waals surface area (Å²) >= 11 is 0. The van der Waals surface area contributed by atoms with Crippen molar-refractivity contribution in [2.45, 2.75) is 37.9 Å². The van der Waals surface area contributed by atoms with Crippen LogP contribution in [0.5, 0.6) is 0 Å². The van der Waals surface area contributed by atoms with Crippen LogP contribution in [0.15, 0.2) is 30.5 Å². The van der Waals surface area contributed by atoms with E-state index in [-0.39, 0.29) is 12.5 Å². The molecule has 1 fully saturated rings. The number of amides is 1. The molecule has 0 spiro atoms. The van der Waals surface area contributed by atoms with E-state index in [9.17, 15) is 15.0 Å². The zero-order chi connectivity index (χ0) is 15.7. The van der Waals surface area contributed by atoms with Crippen LogP contribution in [-0.2, 0) is 11.2 Å². The molecule has 5 nitrogen and oxygen atoms in total. The van der Waals surface area contributed by atoms with Crippen molar-refractivity contribution in [3.63, 3.8) is 0 Å². The Morgan fingerprint density at radius 2 is 2.23 bits per heavy atom. The fourth-order valence-electron chi connectivity index (χ4n) is 2.99. The topological polar surface area (TPSA) is 76.6 Å². The fourth-order valence-corrected chi connectivity index (χ4v) is 2.99. The molecular weight excluding hydrogens is 280 g/mol. The van der Waals surface area contributed by atoms with Gasteiger partial charge in [-0.05, 0) is 31.4 Å². The predicted octanol–water partition coefficient (Wildman–Crippen LogP) is 1.44. The summed E-state index contributed by atoms with van der Waals surface area (Å²) in [5.41, 5.74) is 1.12. The van der Waals surface area contributed by atoms with Gasteiger partial charge in [-0.2, -0.15) is 0 Å². The summed E-state index contributed by atoms with van der Waals surface area (Å²) in [6, 6.07) is 8.04. The van der Waals surface area contributed by atoms with E-state index in [1.807, 2.05) is 30.5 Å². The van der Waals surface area contributed by atoms with Crippen molar-refractivity contribution in [1.29, 1.82) is 0 Å². The molecule has 22 heavy (non-hydrogen) atoms. The summed E-state index contributed by atoms with van der Waals surface area (Å²) in [5, 5.41) is 21.0. The molecule has 2 heterocycles. The van der Waals surface area contributed by atoms with Gasteiger partial charge in [0.15, 0.2) is 0 Å². The van der Waals surface area contributed by atoms with Crippen LogP contribution >= 0.6 is 0 Å². The second-order valence-electron chi connectivity index (χ2n) is 6.32. The van der Waals surface area contributed by atoms with Gasteiger partial charge in [-0.3, -0.25) is 4.79 Å². The van der Waals surface area contributed by atoms with Crippen LogP contribution in [0.3, 0.4) is 0 Å². The Kier molecular flexibility index (Phi) is 3.93. The molecule has 3 rings (SSSR count). The number of fused-ring (bicyclic) bond motifs is 1. The van der Waals surface area contributed by atoms with Crippen LogP contribution in [0.25, 0.3) is 10.9 Å². The number of aliphatic hydroxyl groups is 2. The van der Waals surface area contributed by atoms with E-state index < -0.39 is 11.7 Å². The summed E-state index contributed by atoms with van der Waals surface area (Å²) in [5.74, 6) is 0.0276. The minimum absolute atomic E-state index is 0.0276. The number of carbonyl (C=O) groups is 1. The van der Waals surface area contributed by atoms with Gasteiger partial charge in [0.05, 0.1) is 11.7 Å². The first-order valence-electron chi connectivity index (χ1n) is 7.70. The number of aliphatic hydroxyl groups excluding tert-OH is 1. The third-order valence-electron chi connectivity index (χ3n) is 4.63. The normalized spacial score (nSPS) is 25.6. The first kappa shape index (κ1) is 15.1. The number of hydrogen-bond donors (Lipinski definition) is 3. The molecule has 1 aromatic carbocycles. The minimum atomic E-state index is -1.09. The van der Waals surface area contributed by atoms with Crippen LogP contribution in [0.4, 0.5) is 0 Å². The molecule has 0 unspecified atom stereocenters. The van der Waals surface area contributed by atoms with Gasteiger partial charge in [-0.1, -0.05) is 18.2 Å². The number of aromatic nitrogens is 1. The van der Waals surface area contributed by atoms with Crippen molar-refractivity contribution in [1.82, 2.24) is 9.88 Å². The maximum absolute atomic E-state index is 12.3. The Bertz CT molecular complexity index is 677. The molecule has 1 saturated heterocycles. The van der Waals surface area contributed by atoms with E-state index in [0.717, 1.165) is 16.5 Å². The highest BCUT2D eigenvalue weighted by atomic mass is 16.3. The number of rotatable bonds is 3. The Labute approximate surface area is 129 Å². The molecule has 1 aliphatic heterocycles. The molecular formula is C17H22N2O3. The Morgan fingerprint density at radius 3 is 3.00 bits per heavy atom. The number of likely N-dealkylation sites (tertiary alicyclic amines) is 1. The van der Waals surface area contributed by atoms with Gasteiger partial charge in [0.2, 0.25) is 5.91 Å². The maximum Gasteiger partial charge on any atom is 0.222 e. The van der Waals surface area contributed by atoms with Crippen molar-refractivity contribution in [3.05, 3.63) is 36.0 Å². The van der Waals surface area contributed by atoms with Gasteiger partial charge >= 0.3 is 0 Å². The third kappa shape index (κ3) is 2.87. The molecule has 0 saturated carbocycles. The average molecular weight is 302 g/mol. The van der Waals surface area contributed by atoms with Crippen molar-refractivity contribution in [2.24, 2.45) is 0 Å². The second-order valence-corrected chi connectivity index (χ2v) is 6.32. The quantitative estimate of drug-likeness (QED) is 0.803. The molecule has 118 valence electrons. The summed E-state index contributed by atoms with van der Waals surface area (Å²) in [4.78, 5) is 17.2. The molecule has 1 aromatic heterocycles. The number of aryl methyl sites for hydroxylation is 1. The van der Waals surface area contributed by atoms with Gasteiger partial charge < -0.3 is 20.1 Å². The number of H-pyrrole nitrogens is 1. The smallest absolute Gasteiger partial charge is 0.222 e. The number of carbonyl (C=O) groups excluding carboxylic acids is 1. The van der Waals surface area contributed by atoms with Crippen LogP contribution in [0, 0.1) is 0 Å². The van der Waals surface area contributed by atoms with E-state index in [2.05, 4.69) is 4.98 Å². The van der Waals surface area contributed by atoms with Gasteiger partial charge in [0.25, 0.3) is 0 Å². The standard InChI is InChI=1S/C17H22N2O3/c1-17(22)8-9-19(11-15(17)20)16(21)7-6-12-10-18-14-5-3-2-4-13(12)14/h2-5,10,15,18,20,22H,6-9,11H2,1H3/t15-,17-/m1/s1. The van der Waals surface area contributed by atoms with Gasteiger partial charge in [-0.25, -0.2) is 0 Å². The Hall–Kier alpha value is -1.85. The highest BCUT2D eigenvalue weighted by Crippen LogP contribution is 2.23. The number of piperidine rings is 1. The van der Waals surface area contributed by atoms with E-state index in [1.165, 1.54) is 0 Å². The highest BCUT2D eigenvalue weighted by molar-refractivity contribution is 5.84. The lowest BCUT2D eigenvalue weighted by Gasteiger charge is -2.40. The monoisotopic (exact) mass is 302 g/mol. The van der Waals surface area contributed by atoms with Crippen molar-refractivity contribution in [3.8, 4) is 0 Å². The average Bonchev–Trinajstić information content (AvgIpc) is 2.91. The fraction of sp³-hybridized carbons (Fsp3) is 0.471. The van der Waals surface area contributed by atoms with E-state index in [1.54, 1.807) is 11.8 Å². The number of benzene rings is 1. The zero-order valence-corrected chi connectivity index (χ0v) is 12.7. The minimum Gasteiger partial charge on any atom is -0.388 e. The second kappa shape index (κ2) is 5.74. The molecule has 1 amide bonds. The lowest BCUT2D eigenvalue weighted by molar-refractivity contribution is -0.146. The van der Waals surface area contributed by atoms with Crippen LogP contribution < -0.4 is 0 Å². The van der Waals surface area contributed by atoms with Gasteiger partial charge in [-0.15, -0.1) is 0 Å². The Morgan fingerprint density at radius 1 is 1.45 bits per heavy atom. The molecule has 3 N–H and O–H groups in total. The van der Waals surface area contributed by atoms with E-state index in [4.69, 9.17) is 0 Å². The first-order chi connectivity index (χ1) is 10.5. The number of aromatic amines is 1. The zero-order valence-electron chi connectivity index (χ0n) is 12.7. The van der Waals surface area contributed by atoms with Crippen LogP contribution in [0.2, 0.25) is 0 Å². The van der Waals surface area contributed by atoms with Crippen LogP contribution in [0.1, 0.15) is 25.3 Å². The summed E-state index contributed by atoms with van der Waals surface area (Å²) in [6.07, 6.45) is 2.57.